The van der Waals surface area contributed by atoms with Gasteiger partial charge in [-0.05, 0) is 51.4 Å². The molecule has 0 aliphatic carbocycles. The van der Waals surface area contributed by atoms with E-state index in [-0.39, 0.29) is 18.5 Å². The van der Waals surface area contributed by atoms with Crippen molar-refractivity contribution in [3.8, 4) is 0 Å². The lowest BCUT2D eigenvalue weighted by Gasteiger charge is -2.22. The van der Waals surface area contributed by atoms with Crippen molar-refractivity contribution in [1.29, 1.82) is 0 Å². The standard InChI is InChI=1S/C55H107NO5/c1-3-5-7-9-11-13-14-29-33-37-41-45-49-55(60)61-50-46-42-38-34-30-27-25-23-21-19-17-15-16-18-20-22-24-26-28-32-36-40-44-48-54(59)56-52(51-57)53(58)47-43-39-35-31-12-10-8-6-4-2/h18,20,52-53,57-58H,3-17,19,21-51H2,1-2H3,(H,56,59)/b20-18-. The highest BCUT2D eigenvalue weighted by atomic mass is 16.5. The number of aliphatic hydroxyl groups is 2. The Kier molecular flexibility index (Phi) is 50.1. The van der Waals surface area contributed by atoms with E-state index in [2.05, 4.69) is 31.3 Å². The lowest BCUT2D eigenvalue weighted by atomic mass is 10.0. The van der Waals surface area contributed by atoms with Gasteiger partial charge in [0, 0.05) is 12.8 Å². The highest BCUT2D eigenvalue weighted by molar-refractivity contribution is 5.76. The first kappa shape index (κ1) is 59.6. The Morgan fingerprint density at radius 3 is 1.16 bits per heavy atom. The Labute approximate surface area is 380 Å². The molecule has 2 atom stereocenters. The van der Waals surface area contributed by atoms with Crippen molar-refractivity contribution in [2.45, 2.75) is 315 Å². The van der Waals surface area contributed by atoms with Crippen LogP contribution in [0.2, 0.25) is 0 Å². The van der Waals surface area contributed by atoms with Crippen LogP contribution in [0.3, 0.4) is 0 Å². The maximum absolute atomic E-state index is 12.4. The summed E-state index contributed by atoms with van der Waals surface area (Å²) >= 11 is 0. The molecule has 0 aromatic carbocycles. The highest BCUT2D eigenvalue weighted by Crippen LogP contribution is 2.17. The van der Waals surface area contributed by atoms with E-state index < -0.39 is 12.1 Å². The van der Waals surface area contributed by atoms with Crippen LogP contribution >= 0.6 is 0 Å². The molecule has 0 spiro atoms. The van der Waals surface area contributed by atoms with E-state index in [4.69, 9.17) is 4.74 Å². The molecule has 0 rings (SSSR count). The predicted octanol–water partition coefficient (Wildman–Crippen LogP) is 16.5. The molecule has 0 aromatic heterocycles. The maximum Gasteiger partial charge on any atom is 0.305 e. The quantitative estimate of drug-likeness (QED) is 0.0322. The molecule has 0 bridgehead atoms. The van der Waals surface area contributed by atoms with Gasteiger partial charge in [-0.15, -0.1) is 0 Å². The first-order valence-electron chi connectivity index (χ1n) is 27.4. The van der Waals surface area contributed by atoms with Crippen molar-refractivity contribution >= 4 is 11.9 Å². The summed E-state index contributed by atoms with van der Waals surface area (Å²) in [6, 6.07) is -0.542. The monoisotopic (exact) mass is 862 g/mol. The molecule has 0 aliphatic rings. The summed E-state index contributed by atoms with van der Waals surface area (Å²) in [5.74, 6) is -0.0309. The zero-order valence-corrected chi connectivity index (χ0v) is 41.2. The van der Waals surface area contributed by atoms with Crippen molar-refractivity contribution < 1.29 is 24.5 Å². The lowest BCUT2D eigenvalue weighted by Crippen LogP contribution is -2.45. The van der Waals surface area contributed by atoms with Gasteiger partial charge in [-0.2, -0.15) is 0 Å². The Morgan fingerprint density at radius 1 is 0.443 bits per heavy atom. The number of esters is 1. The Balaban J connectivity index is 3.37. The van der Waals surface area contributed by atoms with Crippen LogP contribution in [0.1, 0.15) is 303 Å². The normalized spacial score (nSPS) is 12.7. The minimum Gasteiger partial charge on any atom is -0.466 e. The molecule has 0 fully saturated rings. The van der Waals surface area contributed by atoms with Crippen molar-refractivity contribution in [3.05, 3.63) is 12.2 Å². The zero-order chi connectivity index (χ0) is 44.4. The molecular weight excluding hydrogens is 755 g/mol. The number of ether oxygens (including phenoxy) is 1. The summed E-state index contributed by atoms with van der Waals surface area (Å²) in [5.41, 5.74) is 0. The third kappa shape index (κ3) is 47.9. The van der Waals surface area contributed by atoms with Crippen LogP contribution in [0.4, 0.5) is 0 Å². The van der Waals surface area contributed by atoms with Crippen LogP contribution in [0.25, 0.3) is 0 Å². The van der Waals surface area contributed by atoms with Crippen LogP contribution in [-0.2, 0) is 14.3 Å². The molecule has 0 saturated carbocycles. The number of aliphatic hydroxyl groups excluding tert-OH is 2. The van der Waals surface area contributed by atoms with E-state index in [1.165, 1.54) is 231 Å². The number of amides is 1. The fourth-order valence-electron chi connectivity index (χ4n) is 8.58. The van der Waals surface area contributed by atoms with Crippen LogP contribution in [0.15, 0.2) is 12.2 Å². The van der Waals surface area contributed by atoms with Gasteiger partial charge in [0.15, 0.2) is 0 Å². The fraction of sp³-hybridized carbons (Fsp3) is 0.927. The van der Waals surface area contributed by atoms with Gasteiger partial charge in [-0.1, -0.05) is 251 Å². The van der Waals surface area contributed by atoms with E-state index in [0.29, 0.717) is 25.9 Å². The van der Waals surface area contributed by atoms with E-state index >= 15 is 0 Å². The second-order valence-corrected chi connectivity index (χ2v) is 18.9. The number of rotatable bonds is 51. The minimum atomic E-state index is -0.664. The topological polar surface area (TPSA) is 95.9 Å². The van der Waals surface area contributed by atoms with Crippen LogP contribution in [-0.4, -0.2) is 47.4 Å². The summed E-state index contributed by atoms with van der Waals surface area (Å²) in [7, 11) is 0. The Bertz CT molecular complexity index is 909. The third-order valence-electron chi connectivity index (χ3n) is 12.8. The molecule has 61 heavy (non-hydrogen) atoms. The number of allylic oxidation sites excluding steroid dienone is 2. The number of carbonyl (C=O) groups excluding carboxylic acids is 2. The molecule has 2 unspecified atom stereocenters. The number of nitrogens with one attached hydrogen (secondary N) is 1. The second kappa shape index (κ2) is 51.2. The Hall–Kier alpha value is -1.40. The molecule has 362 valence electrons. The molecular formula is C55H107NO5. The van der Waals surface area contributed by atoms with Gasteiger partial charge in [0.25, 0.3) is 0 Å². The van der Waals surface area contributed by atoms with E-state index in [0.717, 1.165) is 38.5 Å². The van der Waals surface area contributed by atoms with Crippen LogP contribution < -0.4 is 5.32 Å². The molecule has 0 heterocycles. The second-order valence-electron chi connectivity index (χ2n) is 18.9. The van der Waals surface area contributed by atoms with Crippen molar-refractivity contribution in [2.75, 3.05) is 13.2 Å². The Morgan fingerprint density at radius 2 is 0.770 bits per heavy atom. The molecule has 0 aromatic rings. The van der Waals surface area contributed by atoms with E-state index in [1.807, 2.05) is 0 Å². The number of hydrogen-bond donors (Lipinski definition) is 3. The summed E-state index contributed by atoms with van der Waals surface area (Å²) in [6.45, 7) is 4.93. The molecule has 0 aliphatic heterocycles. The van der Waals surface area contributed by atoms with Gasteiger partial charge in [0.05, 0.1) is 25.4 Å². The molecule has 6 heteroatoms. The maximum atomic E-state index is 12.4. The van der Waals surface area contributed by atoms with E-state index in [1.54, 1.807) is 0 Å². The number of hydrogen-bond acceptors (Lipinski definition) is 5. The van der Waals surface area contributed by atoms with E-state index in [9.17, 15) is 19.8 Å². The smallest absolute Gasteiger partial charge is 0.305 e. The highest BCUT2D eigenvalue weighted by Gasteiger charge is 2.20. The third-order valence-corrected chi connectivity index (χ3v) is 12.8. The van der Waals surface area contributed by atoms with Gasteiger partial charge >= 0.3 is 5.97 Å². The molecule has 0 saturated heterocycles. The van der Waals surface area contributed by atoms with Crippen LogP contribution in [0, 0.1) is 0 Å². The summed E-state index contributed by atoms with van der Waals surface area (Å²) in [6.07, 6.45) is 59.2. The first-order chi connectivity index (χ1) is 30.0. The zero-order valence-electron chi connectivity index (χ0n) is 41.2. The van der Waals surface area contributed by atoms with Gasteiger partial charge in [0.1, 0.15) is 0 Å². The van der Waals surface area contributed by atoms with Crippen molar-refractivity contribution in [2.24, 2.45) is 0 Å². The van der Waals surface area contributed by atoms with Gasteiger partial charge in [-0.3, -0.25) is 9.59 Å². The predicted molar refractivity (Wildman–Crippen MR) is 264 cm³/mol. The van der Waals surface area contributed by atoms with Crippen LogP contribution in [0.5, 0.6) is 0 Å². The number of unbranched alkanes of at least 4 members (excludes halogenated alkanes) is 38. The van der Waals surface area contributed by atoms with Gasteiger partial charge in [0.2, 0.25) is 5.91 Å². The molecule has 3 N–H and O–H groups in total. The average Bonchev–Trinajstić information content (AvgIpc) is 3.26. The number of carbonyl (C=O) groups is 2. The molecule has 6 nitrogen and oxygen atoms in total. The summed E-state index contributed by atoms with van der Waals surface area (Å²) in [5, 5.41) is 23.1. The summed E-state index contributed by atoms with van der Waals surface area (Å²) < 4.78 is 5.47. The van der Waals surface area contributed by atoms with Gasteiger partial charge in [-0.25, -0.2) is 0 Å². The summed E-state index contributed by atoms with van der Waals surface area (Å²) in [4.78, 5) is 24.4. The van der Waals surface area contributed by atoms with Crippen molar-refractivity contribution in [3.63, 3.8) is 0 Å². The average molecular weight is 862 g/mol. The SMILES string of the molecule is CCCCCCCCCCCCCCC(=O)OCCCCCCCCCCCCCC/C=C\CCCCCCCCCC(=O)NC(CO)C(O)CCCCCCCCCCC. The minimum absolute atomic E-state index is 0.0122. The van der Waals surface area contributed by atoms with Crippen molar-refractivity contribution in [1.82, 2.24) is 5.32 Å². The lowest BCUT2D eigenvalue weighted by molar-refractivity contribution is -0.143. The van der Waals surface area contributed by atoms with Gasteiger partial charge < -0.3 is 20.3 Å². The molecule has 1 amide bonds. The largest absolute Gasteiger partial charge is 0.466 e. The fourth-order valence-corrected chi connectivity index (χ4v) is 8.58. The molecule has 0 radical (unpaired) electrons. The first-order valence-corrected chi connectivity index (χ1v) is 27.4.